The van der Waals surface area contributed by atoms with Crippen molar-refractivity contribution in [3.8, 4) is 0 Å². The molecule has 2 amide bonds. The largest absolute Gasteiger partial charge is 0.444 e. The average molecular weight is 300 g/mol. The van der Waals surface area contributed by atoms with Crippen molar-refractivity contribution in [2.45, 2.75) is 51.7 Å². The number of likely N-dealkylation sites (tertiary alicyclic amines) is 1. The second-order valence-corrected chi connectivity index (χ2v) is 6.22. The quantitative estimate of drug-likeness (QED) is 0.299. The number of rotatable bonds is 2. The second-order valence-electron chi connectivity index (χ2n) is 6.22. The van der Waals surface area contributed by atoms with Gasteiger partial charge in [0.15, 0.2) is 5.84 Å². The fraction of sp³-hybridized carbons (Fsp3) is 0.769. The number of carbonyl (C=O) groups is 2. The molecule has 21 heavy (non-hydrogen) atoms. The first kappa shape index (κ1) is 17.1. The molecule has 0 unspecified atom stereocenters. The Hall–Kier alpha value is -1.99. The van der Waals surface area contributed by atoms with E-state index in [1.165, 1.54) is 6.92 Å². The Balaban J connectivity index is 2.75. The van der Waals surface area contributed by atoms with Gasteiger partial charge in [-0.1, -0.05) is 5.16 Å². The third-order valence-electron chi connectivity index (χ3n) is 3.28. The molecule has 4 N–H and O–H groups in total. The minimum Gasteiger partial charge on any atom is -0.444 e. The van der Waals surface area contributed by atoms with Crippen molar-refractivity contribution < 1.29 is 19.5 Å². The molecule has 1 aliphatic heterocycles. The maximum absolute atomic E-state index is 12.0. The molecule has 1 rings (SSSR count). The van der Waals surface area contributed by atoms with Crippen molar-refractivity contribution in [2.24, 2.45) is 10.9 Å². The summed E-state index contributed by atoms with van der Waals surface area (Å²) >= 11 is 0. The summed E-state index contributed by atoms with van der Waals surface area (Å²) in [4.78, 5) is 24.9. The van der Waals surface area contributed by atoms with Crippen LogP contribution in [0.15, 0.2) is 5.16 Å². The van der Waals surface area contributed by atoms with Crippen LogP contribution in [0.1, 0.15) is 40.5 Å². The topological polar surface area (TPSA) is 117 Å². The molecule has 1 saturated heterocycles. The van der Waals surface area contributed by atoms with E-state index in [-0.39, 0.29) is 11.7 Å². The molecule has 8 heteroatoms. The van der Waals surface area contributed by atoms with Gasteiger partial charge in [0.1, 0.15) is 11.1 Å². The van der Waals surface area contributed by atoms with Crippen LogP contribution < -0.4 is 11.1 Å². The van der Waals surface area contributed by atoms with Gasteiger partial charge in [0.2, 0.25) is 5.91 Å². The van der Waals surface area contributed by atoms with Crippen molar-refractivity contribution in [1.29, 1.82) is 0 Å². The zero-order chi connectivity index (χ0) is 16.3. The molecule has 0 atom stereocenters. The zero-order valence-corrected chi connectivity index (χ0v) is 13.0. The summed E-state index contributed by atoms with van der Waals surface area (Å²) in [5, 5.41) is 14.6. The Labute approximate surface area is 124 Å². The Morgan fingerprint density at radius 1 is 1.33 bits per heavy atom. The molecule has 0 bridgehead atoms. The lowest BCUT2D eigenvalue weighted by Gasteiger charge is -2.41. The number of hydrogen-bond donors (Lipinski definition) is 3. The maximum Gasteiger partial charge on any atom is 0.410 e. The highest BCUT2D eigenvalue weighted by Crippen LogP contribution is 2.24. The van der Waals surface area contributed by atoms with Crippen LogP contribution in [-0.4, -0.2) is 52.2 Å². The molecule has 0 saturated carbocycles. The molecule has 120 valence electrons. The van der Waals surface area contributed by atoms with Crippen LogP contribution >= 0.6 is 0 Å². The van der Waals surface area contributed by atoms with Gasteiger partial charge in [-0.3, -0.25) is 4.79 Å². The first-order valence-corrected chi connectivity index (χ1v) is 6.84. The van der Waals surface area contributed by atoms with Crippen LogP contribution in [0, 0.1) is 0 Å². The van der Waals surface area contributed by atoms with Crippen LogP contribution in [0.5, 0.6) is 0 Å². The van der Waals surface area contributed by atoms with Gasteiger partial charge in [-0.15, -0.1) is 0 Å². The van der Waals surface area contributed by atoms with E-state index in [0.29, 0.717) is 25.9 Å². The number of nitrogens with one attached hydrogen (secondary N) is 1. The lowest BCUT2D eigenvalue weighted by atomic mass is 9.86. The van der Waals surface area contributed by atoms with Crippen LogP contribution in [0.2, 0.25) is 0 Å². The summed E-state index contributed by atoms with van der Waals surface area (Å²) in [6, 6.07) is 0. The van der Waals surface area contributed by atoms with Crippen LogP contribution in [0.4, 0.5) is 4.79 Å². The minimum absolute atomic E-state index is 0.0541. The molecule has 8 nitrogen and oxygen atoms in total. The fourth-order valence-corrected chi connectivity index (χ4v) is 2.28. The highest BCUT2D eigenvalue weighted by atomic mass is 16.6. The maximum atomic E-state index is 12.0. The SMILES string of the molecule is CC(=O)NC1(/C(N)=N/O)CCN(C(=O)OC(C)(C)C)CC1. The number of hydrogen-bond acceptors (Lipinski definition) is 5. The van der Waals surface area contributed by atoms with Gasteiger partial charge in [0, 0.05) is 20.0 Å². The van der Waals surface area contributed by atoms with Gasteiger partial charge < -0.3 is 25.9 Å². The van der Waals surface area contributed by atoms with E-state index >= 15 is 0 Å². The van der Waals surface area contributed by atoms with Crippen LogP contribution in [0.3, 0.4) is 0 Å². The minimum atomic E-state index is -0.918. The van der Waals surface area contributed by atoms with Gasteiger partial charge in [0.25, 0.3) is 0 Å². The fourth-order valence-electron chi connectivity index (χ4n) is 2.28. The van der Waals surface area contributed by atoms with Crippen LogP contribution in [0.25, 0.3) is 0 Å². The third kappa shape index (κ3) is 4.51. The molecular formula is C13H24N4O4. The molecular weight excluding hydrogens is 276 g/mol. The third-order valence-corrected chi connectivity index (χ3v) is 3.28. The zero-order valence-electron chi connectivity index (χ0n) is 13.0. The van der Waals surface area contributed by atoms with Gasteiger partial charge in [-0.25, -0.2) is 4.79 Å². The monoisotopic (exact) mass is 300 g/mol. The van der Waals surface area contributed by atoms with Gasteiger partial charge >= 0.3 is 6.09 Å². The van der Waals surface area contributed by atoms with Crippen molar-refractivity contribution in [3.05, 3.63) is 0 Å². The molecule has 0 aliphatic carbocycles. The van der Waals surface area contributed by atoms with Gasteiger partial charge in [-0.05, 0) is 33.6 Å². The number of piperidine rings is 1. The van der Waals surface area contributed by atoms with E-state index in [4.69, 9.17) is 15.7 Å². The standard InChI is InChI=1S/C13H24N4O4/c1-9(18)15-13(10(14)16-20)5-7-17(8-6-13)11(19)21-12(2,3)4/h20H,5-8H2,1-4H3,(H2,14,16)(H,15,18). The lowest BCUT2D eigenvalue weighted by Crippen LogP contribution is -2.62. The molecule has 0 radical (unpaired) electrons. The Bertz CT molecular complexity index is 434. The summed E-state index contributed by atoms with van der Waals surface area (Å²) in [7, 11) is 0. The Morgan fingerprint density at radius 2 is 1.86 bits per heavy atom. The summed E-state index contributed by atoms with van der Waals surface area (Å²) in [6.07, 6.45) is 0.321. The summed E-state index contributed by atoms with van der Waals surface area (Å²) in [5.41, 5.74) is 4.23. The number of carbonyl (C=O) groups excluding carboxylic acids is 2. The van der Waals surface area contributed by atoms with E-state index in [0.717, 1.165) is 0 Å². The predicted molar refractivity (Wildman–Crippen MR) is 77.0 cm³/mol. The van der Waals surface area contributed by atoms with Gasteiger partial charge in [0.05, 0.1) is 0 Å². The number of amides is 2. The molecule has 0 aromatic rings. The summed E-state index contributed by atoms with van der Waals surface area (Å²) in [6.45, 7) is 7.47. The summed E-state index contributed by atoms with van der Waals surface area (Å²) < 4.78 is 5.30. The smallest absolute Gasteiger partial charge is 0.410 e. The van der Waals surface area contributed by atoms with Crippen molar-refractivity contribution in [3.63, 3.8) is 0 Å². The molecule has 0 aromatic carbocycles. The van der Waals surface area contributed by atoms with E-state index in [9.17, 15) is 9.59 Å². The number of amidine groups is 1. The molecule has 1 fully saturated rings. The lowest BCUT2D eigenvalue weighted by molar-refractivity contribution is -0.120. The normalized spacial score (nSPS) is 19.0. The average Bonchev–Trinajstić information content (AvgIpc) is 2.35. The number of nitrogens with two attached hydrogens (primary N) is 1. The highest BCUT2D eigenvalue weighted by Gasteiger charge is 2.41. The van der Waals surface area contributed by atoms with E-state index in [2.05, 4.69) is 10.5 Å². The number of nitrogens with zero attached hydrogens (tertiary/aromatic N) is 2. The van der Waals surface area contributed by atoms with E-state index in [1.807, 2.05) is 0 Å². The number of ether oxygens (including phenoxy) is 1. The van der Waals surface area contributed by atoms with Crippen molar-refractivity contribution >= 4 is 17.8 Å². The Morgan fingerprint density at radius 3 is 2.24 bits per heavy atom. The second kappa shape index (κ2) is 6.19. The predicted octanol–water partition coefficient (Wildman–Crippen LogP) is 0.639. The summed E-state index contributed by atoms with van der Waals surface area (Å²) in [5.74, 6) is -0.325. The first-order valence-electron chi connectivity index (χ1n) is 6.84. The molecule has 1 heterocycles. The van der Waals surface area contributed by atoms with Gasteiger partial charge in [-0.2, -0.15) is 0 Å². The van der Waals surface area contributed by atoms with Crippen molar-refractivity contribution in [2.75, 3.05) is 13.1 Å². The van der Waals surface area contributed by atoms with Crippen molar-refractivity contribution in [1.82, 2.24) is 10.2 Å². The van der Waals surface area contributed by atoms with E-state index in [1.54, 1.807) is 25.7 Å². The Kier molecular flexibility index (Phi) is 5.03. The molecule has 0 spiro atoms. The molecule has 0 aromatic heterocycles. The first-order chi connectivity index (χ1) is 9.59. The highest BCUT2D eigenvalue weighted by molar-refractivity contribution is 5.93. The van der Waals surface area contributed by atoms with E-state index < -0.39 is 17.2 Å². The van der Waals surface area contributed by atoms with Crippen LogP contribution in [-0.2, 0) is 9.53 Å². The molecule has 1 aliphatic rings. The number of oxime groups is 1.